The monoisotopic (exact) mass is 391 g/mol. The summed E-state index contributed by atoms with van der Waals surface area (Å²) in [7, 11) is 1.96. The number of nitrogens with zero attached hydrogens (tertiary/aromatic N) is 2. The molecular formula is C23H25N3O3. The van der Waals surface area contributed by atoms with Crippen LogP contribution in [0.15, 0.2) is 48.5 Å². The van der Waals surface area contributed by atoms with E-state index in [1.165, 1.54) is 4.90 Å². The number of nitrogens with one attached hydrogen (secondary N) is 1. The van der Waals surface area contributed by atoms with E-state index in [9.17, 15) is 14.4 Å². The molecule has 0 atom stereocenters. The van der Waals surface area contributed by atoms with E-state index in [1.807, 2.05) is 24.1 Å². The first-order valence-corrected chi connectivity index (χ1v) is 10.1. The van der Waals surface area contributed by atoms with Crippen molar-refractivity contribution in [2.24, 2.45) is 5.92 Å². The van der Waals surface area contributed by atoms with E-state index < -0.39 is 0 Å². The van der Waals surface area contributed by atoms with Crippen LogP contribution < -0.4 is 5.32 Å². The molecule has 0 aromatic heterocycles. The minimum absolute atomic E-state index is 0.0112. The predicted molar refractivity (Wildman–Crippen MR) is 110 cm³/mol. The molecule has 0 spiro atoms. The van der Waals surface area contributed by atoms with Gasteiger partial charge in [-0.1, -0.05) is 24.3 Å². The fraction of sp³-hybridized carbons (Fsp3) is 0.348. The number of rotatable bonds is 5. The van der Waals surface area contributed by atoms with E-state index in [-0.39, 0.29) is 24.3 Å². The average Bonchev–Trinajstić information content (AvgIpc) is 2.99. The molecule has 2 aromatic rings. The molecule has 2 heterocycles. The zero-order chi connectivity index (χ0) is 20.4. The van der Waals surface area contributed by atoms with Crippen LogP contribution in [0.4, 0.5) is 0 Å². The molecule has 6 nitrogen and oxygen atoms in total. The number of carbonyl (C=O) groups is 3. The molecule has 0 aliphatic carbocycles. The van der Waals surface area contributed by atoms with Gasteiger partial charge in [0.1, 0.15) is 0 Å². The highest BCUT2D eigenvalue weighted by Crippen LogP contribution is 2.25. The summed E-state index contributed by atoms with van der Waals surface area (Å²) in [4.78, 5) is 41.2. The lowest BCUT2D eigenvalue weighted by molar-refractivity contribution is 0.0641. The van der Waals surface area contributed by atoms with E-state index in [0.29, 0.717) is 22.6 Å². The van der Waals surface area contributed by atoms with E-state index in [2.05, 4.69) is 5.32 Å². The highest BCUT2D eigenvalue weighted by molar-refractivity contribution is 6.21. The van der Waals surface area contributed by atoms with Crippen molar-refractivity contribution in [3.8, 4) is 0 Å². The molecule has 150 valence electrons. The third-order valence-corrected chi connectivity index (χ3v) is 5.79. The van der Waals surface area contributed by atoms with Crippen molar-refractivity contribution < 1.29 is 14.4 Å². The summed E-state index contributed by atoms with van der Waals surface area (Å²) < 4.78 is 0. The lowest BCUT2D eigenvalue weighted by Crippen LogP contribution is -2.40. The largest absolute Gasteiger partial charge is 0.339 e. The maximum absolute atomic E-state index is 12.9. The molecule has 29 heavy (non-hydrogen) atoms. The Kier molecular flexibility index (Phi) is 5.45. The first-order chi connectivity index (χ1) is 14.1. The summed E-state index contributed by atoms with van der Waals surface area (Å²) in [6.45, 7) is 2.66. The second-order valence-electron chi connectivity index (χ2n) is 7.74. The molecule has 2 aromatic carbocycles. The van der Waals surface area contributed by atoms with Crippen LogP contribution in [-0.2, 0) is 6.54 Å². The lowest BCUT2D eigenvalue weighted by atomic mass is 9.96. The van der Waals surface area contributed by atoms with Crippen LogP contribution in [0.3, 0.4) is 0 Å². The number of hydrogen-bond donors (Lipinski definition) is 1. The Morgan fingerprint density at radius 2 is 1.66 bits per heavy atom. The standard InChI is InChI=1S/C23H25N3O3/c1-24-14-16-9-11-25(12-10-16)21(27)18-6-4-5-17(13-18)15-26-22(28)19-7-2-3-8-20(19)23(26)29/h2-8,13,16,24H,9-12,14-15H2,1H3. The van der Waals surface area contributed by atoms with Gasteiger partial charge in [-0.3, -0.25) is 19.3 Å². The van der Waals surface area contributed by atoms with Crippen molar-refractivity contribution in [3.05, 3.63) is 70.8 Å². The predicted octanol–water partition coefficient (Wildman–Crippen LogP) is 2.55. The minimum atomic E-state index is -0.283. The summed E-state index contributed by atoms with van der Waals surface area (Å²) in [5.74, 6) is 0.0594. The molecule has 0 unspecified atom stereocenters. The molecule has 0 bridgehead atoms. The van der Waals surface area contributed by atoms with Crippen LogP contribution in [-0.4, -0.2) is 54.2 Å². The molecular weight excluding hydrogens is 366 g/mol. The van der Waals surface area contributed by atoms with Gasteiger partial charge in [-0.25, -0.2) is 0 Å². The highest BCUT2D eigenvalue weighted by Gasteiger charge is 2.35. The topological polar surface area (TPSA) is 69.7 Å². The Hall–Kier alpha value is -2.99. The van der Waals surface area contributed by atoms with Crippen molar-refractivity contribution in [3.63, 3.8) is 0 Å². The molecule has 0 radical (unpaired) electrons. The van der Waals surface area contributed by atoms with Gasteiger partial charge in [0.05, 0.1) is 17.7 Å². The van der Waals surface area contributed by atoms with Gasteiger partial charge in [0.25, 0.3) is 17.7 Å². The SMILES string of the molecule is CNCC1CCN(C(=O)c2cccc(CN3C(=O)c4ccccc4C3=O)c2)CC1. The van der Waals surface area contributed by atoms with Gasteiger partial charge in [0.15, 0.2) is 0 Å². The fourth-order valence-corrected chi connectivity index (χ4v) is 4.18. The van der Waals surface area contributed by atoms with Gasteiger partial charge >= 0.3 is 0 Å². The number of likely N-dealkylation sites (tertiary alicyclic amines) is 1. The smallest absolute Gasteiger partial charge is 0.261 e. The van der Waals surface area contributed by atoms with Crippen molar-refractivity contribution >= 4 is 17.7 Å². The van der Waals surface area contributed by atoms with Gasteiger partial charge in [-0.2, -0.15) is 0 Å². The molecule has 3 amide bonds. The highest BCUT2D eigenvalue weighted by atomic mass is 16.2. The molecule has 2 aliphatic heterocycles. The van der Waals surface area contributed by atoms with E-state index in [1.54, 1.807) is 36.4 Å². The Balaban J connectivity index is 1.45. The normalized spacial score (nSPS) is 17.0. The van der Waals surface area contributed by atoms with Crippen molar-refractivity contribution in [1.82, 2.24) is 15.1 Å². The summed E-state index contributed by atoms with van der Waals surface area (Å²) in [6.07, 6.45) is 2.00. The van der Waals surface area contributed by atoms with Crippen LogP contribution in [0.2, 0.25) is 0 Å². The number of amides is 3. The number of piperidine rings is 1. The van der Waals surface area contributed by atoms with Gasteiger partial charge in [0, 0.05) is 18.7 Å². The molecule has 4 rings (SSSR count). The summed E-state index contributed by atoms with van der Waals surface area (Å²) in [5, 5.41) is 3.21. The zero-order valence-electron chi connectivity index (χ0n) is 16.6. The van der Waals surface area contributed by atoms with Crippen LogP contribution in [0.5, 0.6) is 0 Å². The zero-order valence-corrected chi connectivity index (χ0v) is 16.6. The molecule has 2 aliphatic rings. The maximum Gasteiger partial charge on any atom is 0.261 e. The first-order valence-electron chi connectivity index (χ1n) is 10.1. The molecule has 0 saturated carbocycles. The Morgan fingerprint density at radius 3 is 2.28 bits per heavy atom. The van der Waals surface area contributed by atoms with Gasteiger partial charge in [0.2, 0.25) is 0 Å². The van der Waals surface area contributed by atoms with Gasteiger partial charge < -0.3 is 10.2 Å². The lowest BCUT2D eigenvalue weighted by Gasteiger charge is -2.32. The Labute approximate surface area is 170 Å². The number of benzene rings is 2. The average molecular weight is 391 g/mol. The van der Waals surface area contributed by atoms with Crippen LogP contribution in [0.25, 0.3) is 0 Å². The Bertz CT molecular complexity index is 913. The van der Waals surface area contributed by atoms with Crippen molar-refractivity contribution in [1.29, 1.82) is 0 Å². The minimum Gasteiger partial charge on any atom is -0.339 e. The van der Waals surface area contributed by atoms with Crippen LogP contribution >= 0.6 is 0 Å². The summed E-state index contributed by atoms with van der Waals surface area (Å²) in [6, 6.07) is 14.1. The first kappa shape index (κ1) is 19.3. The Morgan fingerprint density at radius 1 is 1.00 bits per heavy atom. The summed E-state index contributed by atoms with van der Waals surface area (Å²) in [5.41, 5.74) is 2.25. The number of carbonyl (C=O) groups excluding carboxylic acids is 3. The quantitative estimate of drug-likeness (QED) is 0.796. The van der Waals surface area contributed by atoms with Crippen molar-refractivity contribution in [2.45, 2.75) is 19.4 Å². The van der Waals surface area contributed by atoms with Gasteiger partial charge in [-0.05, 0) is 62.2 Å². The molecule has 6 heteroatoms. The van der Waals surface area contributed by atoms with E-state index in [0.717, 1.165) is 38.0 Å². The second-order valence-corrected chi connectivity index (χ2v) is 7.74. The van der Waals surface area contributed by atoms with E-state index in [4.69, 9.17) is 0 Å². The molecule has 1 saturated heterocycles. The number of hydrogen-bond acceptors (Lipinski definition) is 4. The second kappa shape index (κ2) is 8.17. The molecule has 1 N–H and O–H groups in total. The fourth-order valence-electron chi connectivity index (χ4n) is 4.18. The molecule has 1 fully saturated rings. The van der Waals surface area contributed by atoms with Gasteiger partial charge in [-0.15, -0.1) is 0 Å². The van der Waals surface area contributed by atoms with Crippen LogP contribution in [0.1, 0.15) is 49.5 Å². The maximum atomic E-state index is 12.9. The number of imide groups is 1. The third kappa shape index (κ3) is 3.80. The van der Waals surface area contributed by atoms with Crippen LogP contribution in [0, 0.1) is 5.92 Å². The van der Waals surface area contributed by atoms with Crippen molar-refractivity contribution in [2.75, 3.05) is 26.7 Å². The number of fused-ring (bicyclic) bond motifs is 1. The van der Waals surface area contributed by atoms with E-state index >= 15 is 0 Å². The third-order valence-electron chi connectivity index (χ3n) is 5.79. The summed E-state index contributed by atoms with van der Waals surface area (Å²) >= 11 is 0.